The quantitative estimate of drug-likeness (QED) is 0.744. The minimum Gasteiger partial charge on any atom is -0.178 e. The van der Waals surface area contributed by atoms with Gasteiger partial charge >= 0.3 is 0 Å². The molecule has 3 heteroatoms. The third-order valence-corrected chi connectivity index (χ3v) is 3.13. The highest BCUT2D eigenvalue weighted by atomic mass is 32.1. The summed E-state index contributed by atoms with van der Waals surface area (Å²) in [6, 6.07) is 0. The van der Waals surface area contributed by atoms with Crippen LogP contribution in [0, 0.1) is 0 Å². The second-order valence-corrected chi connectivity index (χ2v) is 4.92. The molecule has 0 aromatic carbocycles. The standard InChI is InChI=1S/C10H18N2S/c1-6-10(4,5)9-8(7(2)3)11-13-12-9/h7H,6H2,1-5H3. The van der Waals surface area contributed by atoms with Crippen LogP contribution in [-0.2, 0) is 5.41 Å². The van der Waals surface area contributed by atoms with Gasteiger partial charge in [-0.3, -0.25) is 0 Å². The topological polar surface area (TPSA) is 25.8 Å². The van der Waals surface area contributed by atoms with Crippen LogP contribution in [0.25, 0.3) is 0 Å². The summed E-state index contributed by atoms with van der Waals surface area (Å²) in [7, 11) is 0. The van der Waals surface area contributed by atoms with Crippen LogP contribution in [0.15, 0.2) is 0 Å². The van der Waals surface area contributed by atoms with Crippen LogP contribution in [0.2, 0.25) is 0 Å². The molecule has 0 aliphatic carbocycles. The molecular weight excluding hydrogens is 180 g/mol. The Labute approximate surface area is 84.7 Å². The average Bonchev–Trinajstić information content (AvgIpc) is 2.52. The Hall–Kier alpha value is -0.440. The Bertz CT molecular complexity index is 276. The fourth-order valence-electron chi connectivity index (χ4n) is 1.21. The molecule has 1 rings (SSSR count). The first-order valence-corrected chi connectivity index (χ1v) is 5.55. The predicted molar refractivity (Wildman–Crippen MR) is 57.3 cm³/mol. The molecule has 1 aromatic rings. The lowest BCUT2D eigenvalue weighted by molar-refractivity contribution is 0.485. The van der Waals surface area contributed by atoms with Gasteiger partial charge in [0.2, 0.25) is 0 Å². The molecule has 0 saturated carbocycles. The van der Waals surface area contributed by atoms with Gasteiger partial charge in [-0.05, 0) is 12.3 Å². The van der Waals surface area contributed by atoms with Crippen molar-refractivity contribution < 1.29 is 0 Å². The molecule has 74 valence electrons. The molecule has 0 unspecified atom stereocenters. The summed E-state index contributed by atoms with van der Waals surface area (Å²) < 4.78 is 8.77. The molecule has 13 heavy (non-hydrogen) atoms. The lowest BCUT2D eigenvalue weighted by Gasteiger charge is -2.21. The average molecular weight is 198 g/mol. The Morgan fingerprint density at radius 3 is 2.38 bits per heavy atom. The third-order valence-electron chi connectivity index (χ3n) is 2.59. The van der Waals surface area contributed by atoms with E-state index in [1.807, 2.05) is 0 Å². The van der Waals surface area contributed by atoms with Gasteiger partial charge in [-0.15, -0.1) is 0 Å². The smallest absolute Gasteiger partial charge is 0.0833 e. The highest BCUT2D eigenvalue weighted by Gasteiger charge is 2.26. The fourth-order valence-corrected chi connectivity index (χ4v) is 2.06. The van der Waals surface area contributed by atoms with E-state index in [0.29, 0.717) is 5.92 Å². The summed E-state index contributed by atoms with van der Waals surface area (Å²) in [4.78, 5) is 0. The summed E-state index contributed by atoms with van der Waals surface area (Å²) in [6.45, 7) is 11.0. The van der Waals surface area contributed by atoms with Gasteiger partial charge in [0.25, 0.3) is 0 Å². The minimum absolute atomic E-state index is 0.173. The van der Waals surface area contributed by atoms with Crippen LogP contribution in [0.4, 0.5) is 0 Å². The number of aromatic nitrogens is 2. The van der Waals surface area contributed by atoms with Crippen LogP contribution in [0.5, 0.6) is 0 Å². The Morgan fingerprint density at radius 2 is 1.92 bits per heavy atom. The van der Waals surface area contributed by atoms with E-state index in [2.05, 4.69) is 43.4 Å². The molecule has 0 N–H and O–H groups in total. The van der Waals surface area contributed by atoms with Crippen molar-refractivity contribution >= 4 is 11.7 Å². The zero-order valence-corrected chi connectivity index (χ0v) is 9.90. The summed E-state index contributed by atoms with van der Waals surface area (Å²) >= 11 is 1.34. The second-order valence-electron chi connectivity index (χ2n) is 4.39. The molecule has 0 radical (unpaired) electrons. The number of hydrogen-bond donors (Lipinski definition) is 0. The van der Waals surface area contributed by atoms with Gasteiger partial charge in [0.15, 0.2) is 0 Å². The molecule has 0 amide bonds. The zero-order chi connectivity index (χ0) is 10.1. The summed E-state index contributed by atoms with van der Waals surface area (Å²) in [5, 5.41) is 0. The zero-order valence-electron chi connectivity index (χ0n) is 9.09. The van der Waals surface area contributed by atoms with Gasteiger partial charge in [-0.1, -0.05) is 34.6 Å². The van der Waals surface area contributed by atoms with Crippen LogP contribution in [0.1, 0.15) is 58.3 Å². The van der Waals surface area contributed by atoms with E-state index < -0.39 is 0 Å². The first-order valence-electron chi connectivity index (χ1n) is 4.82. The first-order chi connectivity index (χ1) is 5.99. The van der Waals surface area contributed by atoms with Crippen molar-refractivity contribution in [1.82, 2.24) is 8.75 Å². The lowest BCUT2D eigenvalue weighted by Crippen LogP contribution is -2.18. The van der Waals surface area contributed by atoms with Crippen LogP contribution in [-0.4, -0.2) is 8.75 Å². The number of rotatable bonds is 3. The lowest BCUT2D eigenvalue weighted by atomic mass is 9.83. The summed E-state index contributed by atoms with van der Waals surface area (Å²) in [5.41, 5.74) is 2.54. The SMILES string of the molecule is CCC(C)(C)c1nsnc1C(C)C. The fraction of sp³-hybridized carbons (Fsp3) is 0.800. The largest absolute Gasteiger partial charge is 0.178 e. The van der Waals surface area contributed by atoms with E-state index in [4.69, 9.17) is 0 Å². The Kier molecular flexibility index (Phi) is 3.06. The van der Waals surface area contributed by atoms with Gasteiger partial charge in [0.05, 0.1) is 23.1 Å². The monoisotopic (exact) mass is 198 g/mol. The van der Waals surface area contributed by atoms with Gasteiger partial charge in [0, 0.05) is 5.41 Å². The van der Waals surface area contributed by atoms with Crippen molar-refractivity contribution in [3.63, 3.8) is 0 Å². The molecule has 0 atom stereocenters. The van der Waals surface area contributed by atoms with E-state index in [9.17, 15) is 0 Å². The van der Waals surface area contributed by atoms with E-state index in [1.165, 1.54) is 23.1 Å². The maximum absolute atomic E-state index is 4.41. The maximum Gasteiger partial charge on any atom is 0.0833 e. The predicted octanol–water partition coefficient (Wildman–Crippen LogP) is 3.35. The van der Waals surface area contributed by atoms with Crippen molar-refractivity contribution in [1.29, 1.82) is 0 Å². The van der Waals surface area contributed by atoms with Crippen molar-refractivity contribution in [2.24, 2.45) is 0 Å². The molecule has 0 bridgehead atoms. The second kappa shape index (κ2) is 3.74. The Morgan fingerprint density at radius 1 is 1.31 bits per heavy atom. The number of nitrogens with zero attached hydrogens (tertiary/aromatic N) is 2. The summed E-state index contributed by atoms with van der Waals surface area (Å²) in [6.07, 6.45) is 1.11. The first kappa shape index (κ1) is 10.6. The molecule has 1 aromatic heterocycles. The summed E-state index contributed by atoms with van der Waals surface area (Å²) in [5.74, 6) is 0.486. The molecular formula is C10H18N2S. The van der Waals surface area contributed by atoms with E-state index in [0.717, 1.165) is 6.42 Å². The van der Waals surface area contributed by atoms with Crippen LogP contribution < -0.4 is 0 Å². The molecule has 0 aliphatic heterocycles. The highest BCUT2D eigenvalue weighted by molar-refractivity contribution is 6.99. The third kappa shape index (κ3) is 2.08. The number of hydrogen-bond acceptors (Lipinski definition) is 3. The maximum atomic E-state index is 4.41. The normalized spacial score (nSPS) is 12.5. The van der Waals surface area contributed by atoms with E-state index in [1.54, 1.807) is 0 Å². The van der Waals surface area contributed by atoms with Gasteiger partial charge in [0.1, 0.15) is 0 Å². The Balaban J connectivity index is 3.07. The molecule has 0 spiro atoms. The van der Waals surface area contributed by atoms with Gasteiger partial charge < -0.3 is 0 Å². The van der Waals surface area contributed by atoms with Crippen molar-refractivity contribution in [2.75, 3.05) is 0 Å². The van der Waals surface area contributed by atoms with Crippen molar-refractivity contribution in [3.05, 3.63) is 11.4 Å². The van der Waals surface area contributed by atoms with Crippen molar-refractivity contribution in [2.45, 2.75) is 52.4 Å². The molecule has 2 nitrogen and oxygen atoms in total. The van der Waals surface area contributed by atoms with Crippen LogP contribution >= 0.6 is 11.7 Å². The van der Waals surface area contributed by atoms with Crippen molar-refractivity contribution in [3.8, 4) is 0 Å². The molecule has 0 aliphatic rings. The van der Waals surface area contributed by atoms with Gasteiger partial charge in [-0.2, -0.15) is 8.75 Å². The molecule has 1 heterocycles. The van der Waals surface area contributed by atoms with Crippen LogP contribution in [0.3, 0.4) is 0 Å². The minimum atomic E-state index is 0.173. The van der Waals surface area contributed by atoms with E-state index >= 15 is 0 Å². The molecule has 0 saturated heterocycles. The highest BCUT2D eigenvalue weighted by Crippen LogP contribution is 2.31. The van der Waals surface area contributed by atoms with E-state index in [-0.39, 0.29) is 5.41 Å². The van der Waals surface area contributed by atoms with Gasteiger partial charge in [-0.25, -0.2) is 0 Å². The molecule has 0 fully saturated rings.